The second-order valence-corrected chi connectivity index (χ2v) is 6.34. The summed E-state index contributed by atoms with van der Waals surface area (Å²) in [5.41, 5.74) is 0.688. The molecule has 0 aliphatic carbocycles. The summed E-state index contributed by atoms with van der Waals surface area (Å²) < 4.78 is 5.14. The molecule has 1 rings (SSSR count). The first-order valence-corrected chi connectivity index (χ1v) is 8.42. The average molecular weight is 336 g/mol. The number of ether oxygens (including phenoxy) is 1. The van der Waals surface area contributed by atoms with E-state index >= 15 is 0 Å². The van der Waals surface area contributed by atoms with E-state index in [-0.39, 0.29) is 24.4 Å². The van der Waals surface area contributed by atoms with Crippen molar-refractivity contribution in [3.05, 3.63) is 24.3 Å². The van der Waals surface area contributed by atoms with Gasteiger partial charge in [-0.05, 0) is 31.9 Å². The fourth-order valence-electron chi connectivity index (χ4n) is 2.14. The van der Waals surface area contributed by atoms with Crippen LogP contribution in [0.4, 0.5) is 5.69 Å². The molecule has 0 saturated carbocycles. The van der Waals surface area contributed by atoms with Crippen LogP contribution in [-0.4, -0.2) is 44.6 Å². The molecule has 0 heterocycles. The van der Waals surface area contributed by atoms with E-state index in [1.54, 1.807) is 13.2 Å². The number of likely N-dealkylation sites (N-methyl/N-ethyl adjacent to an activating group) is 1. The lowest BCUT2D eigenvalue weighted by molar-refractivity contribution is -0.881. The van der Waals surface area contributed by atoms with Crippen molar-refractivity contribution in [2.75, 3.05) is 32.1 Å². The Bertz CT molecular complexity index is 546. The molecule has 1 unspecified atom stereocenters. The van der Waals surface area contributed by atoms with E-state index in [1.807, 2.05) is 32.0 Å². The molecule has 2 atom stereocenters. The molecule has 6 nitrogen and oxygen atoms in total. The van der Waals surface area contributed by atoms with Crippen molar-refractivity contribution >= 4 is 17.5 Å². The Labute approximate surface area is 144 Å². The van der Waals surface area contributed by atoms with Crippen molar-refractivity contribution < 1.29 is 19.2 Å². The molecule has 0 bridgehead atoms. The third-order valence-electron chi connectivity index (χ3n) is 4.06. The Morgan fingerprint density at radius 1 is 1.17 bits per heavy atom. The molecule has 0 aromatic heterocycles. The maximum Gasteiger partial charge on any atom is 0.279 e. The van der Waals surface area contributed by atoms with Crippen LogP contribution in [0.25, 0.3) is 0 Å². The number of rotatable bonds is 9. The number of methoxy groups -OCH3 is 1. The first-order valence-electron chi connectivity index (χ1n) is 8.42. The van der Waals surface area contributed by atoms with E-state index in [4.69, 9.17) is 4.74 Å². The lowest BCUT2D eigenvalue weighted by Crippen LogP contribution is -3.14. The quantitative estimate of drug-likeness (QED) is 0.622. The molecular weight excluding hydrogens is 306 g/mol. The van der Waals surface area contributed by atoms with Crippen LogP contribution in [0.5, 0.6) is 5.75 Å². The molecule has 0 spiro atoms. The van der Waals surface area contributed by atoms with Crippen molar-refractivity contribution in [2.45, 2.75) is 33.7 Å². The molecule has 6 heteroatoms. The summed E-state index contributed by atoms with van der Waals surface area (Å²) >= 11 is 0. The van der Waals surface area contributed by atoms with Gasteiger partial charge in [-0.25, -0.2) is 0 Å². The molecule has 0 aliphatic rings. The van der Waals surface area contributed by atoms with Gasteiger partial charge in [0.25, 0.3) is 11.8 Å². The van der Waals surface area contributed by atoms with Gasteiger partial charge in [0.05, 0.1) is 13.7 Å². The van der Waals surface area contributed by atoms with Crippen LogP contribution in [-0.2, 0) is 9.59 Å². The van der Waals surface area contributed by atoms with Crippen LogP contribution in [0.15, 0.2) is 24.3 Å². The second kappa shape index (κ2) is 9.93. The predicted octanol–water partition coefficient (Wildman–Crippen LogP) is 0.699. The Morgan fingerprint density at radius 3 is 2.42 bits per heavy atom. The first kappa shape index (κ1) is 20.0. The smallest absolute Gasteiger partial charge is 0.279 e. The largest absolute Gasteiger partial charge is 0.497 e. The second-order valence-electron chi connectivity index (χ2n) is 6.34. The molecule has 0 fully saturated rings. The van der Waals surface area contributed by atoms with Crippen LogP contribution in [0.2, 0.25) is 0 Å². The average Bonchev–Trinajstić information content (AvgIpc) is 2.53. The lowest BCUT2D eigenvalue weighted by atomic mass is 10.1. The molecular formula is C18H30N3O3+. The van der Waals surface area contributed by atoms with E-state index in [2.05, 4.69) is 24.5 Å². The molecule has 2 amide bonds. The van der Waals surface area contributed by atoms with Crippen molar-refractivity contribution in [3.63, 3.8) is 0 Å². The molecule has 0 aliphatic heterocycles. The maximum absolute atomic E-state index is 12.2. The van der Waals surface area contributed by atoms with Crippen LogP contribution >= 0.6 is 0 Å². The number of hydrogen-bond donors (Lipinski definition) is 3. The fraction of sp³-hybridized carbons (Fsp3) is 0.556. The van der Waals surface area contributed by atoms with E-state index in [0.29, 0.717) is 30.4 Å². The molecule has 1 aromatic carbocycles. The third kappa shape index (κ3) is 7.00. The van der Waals surface area contributed by atoms with E-state index in [9.17, 15) is 9.59 Å². The van der Waals surface area contributed by atoms with Crippen LogP contribution in [0, 0.1) is 5.92 Å². The van der Waals surface area contributed by atoms with Gasteiger partial charge in [-0.3, -0.25) is 9.59 Å². The van der Waals surface area contributed by atoms with E-state index in [1.165, 1.54) is 0 Å². The highest BCUT2D eigenvalue weighted by molar-refractivity contribution is 5.91. The van der Waals surface area contributed by atoms with E-state index < -0.39 is 0 Å². The minimum Gasteiger partial charge on any atom is -0.497 e. The number of anilines is 1. The number of amides is 2. The minimum atomic E-state index is -0.121. The number of benzene rings is 1. The van der Waals surface area contributed by atoms with Crippen LogP contribution in [0.1, 0.15) is 27.7 Å². The van der Waals surface area contributed by atoms with Crippen molar-refractivity contribution in [2.24, 2.45) is 5.92 Å². The summed E-state index contributed by atoms with van der Waals surface area (Å²) in [6, 6.07) is 7.34. The normalized spacial score (nSPS) is 13.2. The number of hydrogen-bond acceptors (Lipinski definition) is 3. The van der Waals surface area contributed by atoms with Gasteiger partial charge in [0.1, 0.15) is 5.75 Å². The van der Waals surface area contributed by atoms with Gasteiger partial charge in [-0.1, -0.05) is 19.9 Å². The fourth-order valence-corrected chi connectivity index (χ4v) is 2.14. The first-order chi connectivity index (χ1) is 11.3. The van der Waals surface area contributed by atoms with Crippen molar-refractivity contribution in [3.8, 4) is 5.75 Å². The summed E-state index contributed by atoms with van der Waals surface area (Å²) in [6.45, 7) is 9.33. The number of carbonyl (C=O) groups excluding carboxylic acids is 2. The Hall–Kier alpha value is -2.08. The highest BCUT2D eigenvalue weighted by Crippen LogP contribution is 2.16. The summed E-state index contributed by atoms with van der Waals surface area (Å²) in [6.07, 6.45) is 0. The summed E-state index contributed by atoms with van der Waals surface area (Å²) in [5, 5.41) is 5.82. The monoisotopic (exact) mass is 336 g/mol. The zero-order chi connectivity index (χ0) is 18.1. The minimum absolute atomic E-state index is 0.0257. The Morgan fingerprint density at radius 2 is 1.83 bits per heavy atom. The van der Waals surface area contributed by atoms with Gasteiger partial charge in [0.2, 0.25) is 0 Å². The molecule has 24 heavy (non-hydrogen) atoms. The van der Waals surface area contributed by atoms with Gasteiger partial charge in [0.15, 0.2) is 13.1 Å². The number of quaternary nitrogens is 1. The molecule has 134 valence electrons. The zero-order valence-electron chi connectivity index (χ0n) is 15.3. The molecule has 3 N–H and O–H groups in total. The summed E-state index contributed by atoms with van der Waals surface area (Å²) in [5.74, 6) is 0.928. The van der Waals surface area contributed by atoms with Crippen LogP contribution in [0.3, 0.4) is 0 Å². The van der Waals surface area contributed by atoms with Crippen molar-refractivity contribution in [1.82, 2.24) is 5.32 Å². The highest BCUT2D eigenvalue weighted by Gasteiger charge is 2.19. The number of nitrogens with one attached hydrogen (secondary N) is 3. The predicted molar refractivity (Wildman–Crippen MR) is 95.3 cm³/mol. The maximum atomic E-state index is 12.2. The van der Waals surface area contributed by atoms with E-state index in [0.717, 1.165) is 4.90 Å². The van der Waals surface area contributed by atoms with Gasteiger partial charge in [-0.2, -0.15) is 0 Å². The zero-order valence-corrected chi connectivity index (χ0v) is 15.3. The van der Waals surface area contributed by atoms with Gasteiger partial charge >= 0.3 is 0 Å². The molecule has 0 radical (unpaired) electrons. The summed E-state index contributed by atoms with van der Waals surface area (Å²) in [7, 11) is 1.58. The van der Waals surface area contributed by atoms with Gasteiger partial charge < -0.3 is 20.3 Å². The molecule has 1 aromatic rings. The Balaban J connectivity index is 2.51. The SMILES string of the molecule is CC[NH+](CC(=O)Nc1cccc(OC)c1)CC(=O)N[C@H](C)C(C)C. The standard InChI is InChI=1S/C18H29N3O3/c1-6-21(11-17(22)19-14(4)13(2)3)12-18(23)20-15-8-7-9-16(10-15)24-5/h7-10,13-14H,6,11-12H2,1-5H3,(H,19,22)(H,20,23)/p+1/t14-/m1/s1. The number of carbonyl (C=O) groups is 2. The third-order valence-corrected chi connectivity index (χ3v) is 4.06. The Kier molecular flexibility index (Phi) is 8.26. The highest BCUT2D eigenvalue weighted by atomic mass is 16.5. The van der Waals surface area contributed by atoms with Gasteiger partial charge in [-0.15, -0.1) is 0 Å². The molecule has 0 saturated heterocycles. The topological polar surface area (TPSA) is 71.9 Å². The lowest BCUT2D eigenvalue weighted by Gasteiger charge is -2.20. The summed E-state index contributed by atoms with van der Waals surface area (Å²) in [4.78, 5) is 25.2. The van der Waals surface area contributed by atoms with Crippen molar-refractivity contribution in [1.29, 1.82) is 0 Å². The van der Waals surface area contributed by atoms with Gasteiger partial charge in [0, 0.05) is 17.8 Å². The van der Waals surface area contributed by atoms with Crippen LogP contribution < -0.4 is 20.3 Å².